The summed E-state index contributed by atoms with van der Waals surface area (Å²) < 4.78 is 0. The van der Waals surface area contributed by atoms with Gasteiger partial charge in [-0.1, -0.05) is 42.5 Å². The molecule has 2 aliphatic rings. The standard InChI is InChI=1S/C24H27N3O3/c1-17(12-13-18-8-4-3-5-9-18)25-21(28)16-26-23(30)19-10-6-7-11-20(19)27-22(29)14-15-24(26,27)2/h3-11,17H,12-16H2,1-2H3,(H,25,28). The lowest BCUT2D eigenvalue weighted by Crippen LogP contribution is -2.64. The van der Waals surface area contributed by atoms with Crippen molar-refractivity contribution in [3.05, 3.63) is 65.7 Å². The van der Waals surface area contributed by atoms with Crippen LogP contribution >= 0.6 is 0 Å². The van der Waals surface area contributed by atoms with E-state index in [9.17, 15) is 14.4 Å². The van der Waals surface area contributed by atoms with Gasteiger partial charge in [0.25, 0.3) is 5.91 Å². The number of anilines is 1. The number of rotatable bonds is 6. The summed E-state index contributed by atoms with van der Waals surface area (Å²) in [5, 5.41) is 3.01. The van der Waals surface area contributed by atoms with Crippen molar-refractivity contribution in [2.75, 3.05) is 11.4 Å². The van der Waals surface area contributed by atoms with Crippen LogP contribution < -0.4 is 10.2 Å². The second kappa shape index (κ2) is 7.94. The predicted octanol–water partition coefficient (Wildman–Crippen LogP) is 3.12. The van der Waals surface area contributed by atoms with Crippen molar-refractivity contribution < 1.29 is 14.4 Å². The highest BCUT2D eigenvalue weighted by molar-refractivity contribution is 6.11. The van der Waals surface area contributed by atoms with Gasteiger partial charge >= 0.3 is 0 Å². The third-order valence-electron chi connectivity index (χ3n) is 6.16. The van der Waals surface area contributed by atoms with Gasteiger partial charge in [0, 0.05) is 12.5 Å². The van der Waals surface area contributed by atoms with Crippen LogP contribution in [0, 0.1) is 0 Å². The van der Waals surface area contributed by atoms with E-state index < -0.39 is 5.66 Å². The number of amides is 3. The van der Waals surface area contributed by atoms with Crippen LogP contribution in [0.5, 0.6) is 0 Å². The molecule has 6 heteroatoms. The molecule has 0 spiro atoms. The summed E-state index contributed by atoms with van der Waals surface area (Å²) in [6, 6.07) is 17.3. The number of nitrogens with one attached hydrogen (secondary N) is 1. The highest BCUT2D eigenvalue weighted by atomic mass is 16.2. The molecule has 0 aliphatic carbocycles. The van der Waals surface area contributed by atoms with E-state index in [0.29, 0.717) is 24.1 Å². The number of benzene rings is 2. The summed E-state index contributed by atoms with van der Waals surface area (Å²) in [7, 11) is 0. The van der Waals surface area contributed by atoms with E-state index in [-0.39, 0.29) is 30.3 Å². The summed E-state index contributed by atoms with van der Waals surface area (Å²) in [6.07, 6.45) is 2.57. The number of hydrogen-bond acceptors (Lipinski definition) is 3. The lowest BCUT2D eigenvalue weighted by atomic mass is 9.98. The zero-order valence-electron chi connectivity index (χ0n) is 17.4. The van der Waals surface area contributed by atoms with E-state index in [1.54, 1.807) is 28.0 Å². The number of carbonyl (C=O) groups excluding carboxylic acids is 3. The average Bonchev–Trinajstić information content (AvgIpc) is 3.06. The Balaban J connectivity index is 1.46. The smallest absolute Gasteiger partial charge is 0.258 e. The number of para-hydroxylation sites is 1. The number of carbonyl (C=O) groups is 3. The average molecular weight is 405 g/mol. The molecular weight excluding hydrogens is 378 g/mol. The predicted molar refractivity (Wildman–Crippen MR) is 115 cm³/mol. The molecule has 2 heterocycles. The van der Waals surface area contributed by atoms with Gasteiger partial charge in [0.2, 0.25) is 11.8 Å². The molecule has 0 aromatic heterocycles. The minimum absolute atomic E-state index is 0.0147. The maximum Gasteiger partial charge on any atom is 0.258 e. The van der Waals surface area contributed by atoms with E-state index in [1.165, 1.54) is 5.56 Å². The molecular formula is C24H27N3O3. The van der Waals surface area contributed by atoms with Crippen LogP contribution in [0.2, 0.25) is 0 Å². The first-order valence-corrected chi connectivity index (χ1v) is 10.5. The monoisotopic (exact) mass is 405 g/mol. The minimum Gasteiger partial charge on any atom is -0.352 e. The number of fused-ring (bicyclic) bond motifs is 3. The van der Waals surface area contributed by atoms with Crippen LogP contribution in [-0.4, -0.2) is 40.9 Å². The molecule has 2 unspecified atom stereocenters. The Bertz CT molecular complexity index is 975. The summed E-state index contributed by atoms with van der Waals surface area (Å²) >= 11 is 0. The van der Waals surface area contributed by atoms with Crippen LogP contribution in [0.25, 0.3) is 0 Å². The first-order valence-electron chi connectivity index (χ1n) is 10.5. The molecule has 0 saturated carbocycles. The molecule has 1 saturated heterocycles. The molecule has 2 atom stereocenters. The Labute approximate surface area is 176 Å². The third kappa shape index (κ3) is 3.58. The van der Waals surface area contributed by atoms with Crippen molar-refractivity contribution >= 4 is 23.4 Å². The quantitative estimate of drug-likeness (QED) is 0.803. The normalized spacial score (nSPS) is 21.3. The van der Waals surface area contributed by atoms with Gasteiger partial charge < -0.3 is 10.2 Å². The Morgan fingerprint density at radius 2 is 1.80 bits per heavy atom. The lowest BCUT2D eigenvalue weighted by molar-refractivity contribution is -0.124. The SMILES string of the molecule is CC(CCc1ccccc1)NC(=O)CN1C(=O)c2ccccc2N2C(=O)CCC12C. The molecule has 0 radical (unpaired) electrons. The van der Waals surface area contributed by atoms with Gasteiger partial charge in [0.1, 0.15) is 12.2 Å². The number of hydrogen-bond donors (Lipinski definition) is 1. The van der Waals surface area contributed by atoms with E-state index in [2.05, 4.69) is 17.4 Å². The second-order valence-electron chi connectivity index (χ2n) is 8.35. The van der Waals surface area contributed by atoms with Gasteiger partial charge in [-0.2, -0.15) is 0 Å². The zero-order valence-corrected chi connectivity index (χ0v) is 17.4. The molecule has 30 heavy (non-hydrogen) atoms. The molecule has 1 N–H and O–H groups in total. The van der Waals surface area contributed by atoms with Crippen molar-refractivity contribution in [1.82, 2.24) is 10.2 Å². The highest BCUT2D eigenvalue weighted by Crippen LogP contribution is 2.43. The van der Waals surface area contributed by atoms with Crippen molar-refractivity contribution in [3.8, 4) is 0 Å². The summed E-state index contributed by atoms with van der Waals surface area (Å²) in [5.41, 5.74) is 1.53. The molecule has 4 rings (SSSR count). The molecule has 2 aliphatic heterocycles. The Morgan fingerprint density at radius 3 is 2.57 bits per heavy atom. The third-order valence-corrected chi connectivity index (χ3v) is 6.16. The van der Waals surface area contributed by atoms with Gasteiger partial charge in [-0.25, -0.2) is 0 Å². The first kappa shape index (κ1) is 20.1. The molecule has 1 fully saturated rings. The molecule has 3 amide bonds. The van der Waals surface area contributed by atoms with E-state index in [4.69, 9.17) is 0 Å². The maximum absolute atomic E-state index is 13.2. The molecule has 0 bridgehead atoms. The fourth-order valence-corrected chi connectivity index (χ4v) is 4.51. The molecule has 6 nitrogen and oxygen atoms in total. The first-order chi connectivity index (χ1) is 14.4. The van der Waals surface area contributed by atoms with Crippen LogP contribution in [0.3, 0.4) is 0 Å². The summed E-state index contributed by atoms with van der Waals surface area (Å²) in [6.45, 7) is 3.78. The zero-order chi connectivity index (χ0) is 21.3. The highest BCUT2D eigenvalue weighted by Gasteiger charge is 2.53. The molecule has 156 valence electrons. The van der Waals surface area contributed by atoms with Gasteiger partial charge in [-0.3, -0.25) is 19.3 Å². The van der Waals surface area contributed by atoms with Crippen LogP contribution in [-0.2, 0) is 16.0 Å². The molecule has 2 aromatic rings. The topological polar surface area (TPSA) is 69.7 Å². The number of aryl methyl sites for hydroxylation is 1. The largest absolute Gasteiger partial charge is 0.352 e. The van der Waals surface area contributed by atoms with E-state index >= 15 is 0 Å². The van der Waals surface area contributed by atoms with E-state index in [0.717, 1.165) is 12.8 Å². The van der Waals surface area contributed by atoms with Crippen LogP contribution in [0.15, 0.2) is 54.6 Å². The fraction of sp³-hybridized carbons (Fsp3) is 0.375. The Morgan fingerprint density at radius 1 is 1.10 bits per heavy atom. The van der Waals surface area contributed by atoms with Crippen LogP contribution in [0.4, 0.5) is 5.69 Å². The summed E-state index contributed by atoms with van der Waals surface area (Å²) in [5.74, 6) is -0.422. The van der Waals surface area contributed by atoms with Crippen LogP contribution in [0.1, 0.15) is 49.0 Å². The van der Waals surface area contributed by atoms with Gasteiger partial charge in [-0.05, 0) is 50.8 Å². The van der Waals surface area contributed by atoms with Crippen molar-refractivity contribution in [3.63, 3.8) is 0 Å². The van der Waals surface area contributed by atoms with E-state index in [1.807, 2.05) is 38.1 Å². The van der Waals surface area contributed by atoms with Gasteiger partial charge in [0.05, 0.1) is 11.3 Å². The van der Waals surface area contributed by atoms with Gasteiger partial charge in [-0.15, -0.1) is 0 Å². The van der Waals surface area contributed by atoms with Crippen molar-refractivity contribution in [2.24, 2.45) is 0 Å². The number of nitrogens with zero attached hydrogens (tertiary/aromatic N) is 2. The minimum atomic E-state index is -0.812. The van der Waals surface area contributed by atoms with Gasteiger partial charge in [0.15, 0.2) is 0 Å². The van der Waals surface area contributed by atoms with Crippen molar-refractivity contribution in [2.45, 2.75) is 51.2 Å². The lowest BCUT2D eigenvalue weighted by Gasteiger charge is -2.48. The fourth-order valence-electron chi connectivity index (χ4n) is 4.51. The maximum atomic E-state index is 13.2. The Kier molecular flexibility index (Phi) is 5.33. The summed E-state index contributed by atoms with van der Waals surface area (Å²) in [4.78, 5) is 41.9. The van der Waals surface area contributed by atoms with Crippen molar-refractivity contribution in [1.29, 1.82) is 0 Å². The Hall–Kier alpha value is -3.15. The molecule has 2 aromatic carbocycles. The second-order valence-corrected chi connectivity index (χ2v) is 8.35.